The lowest BCUT2D eigenvalue weighted by atomic mass is 9.92. The summed E-state index contributed by atoms with van der Waals surface area (Å²) in [7, 11) is 0. The van der Waals surface area contributed by atoms with E-state index in [0.29, 0.717) is 12.4 Å². The van der Waals surface area contributed by atoms with Crippen LogP contribution >= 0.6 is 0 Å². The van der Waals surface area contributed by atoms with Crippen LogP contribution in [0.5, 0.6) is 11.5 Å². The zero-order valence-corrected chi connectivity index (χ0v) is 12.9. The molecule has 118 valence electrons. The summed E-state index contributed by atoms with van der Waals surface area (Å²) in [5.41, 5.74) is 4.75. The first-order valence-corrected chi connectivity index (χ1v) is 7.72. The van der Waals surface area contributed by atoms with Crippen molar-refractivity contribution < 1.29 is 14.2 Å². The molecule has 1 aliphatic rings. The molecule has 0 aromatic heterocycles. The number of halogens is 1. The van der Waals surface area contributed by atoms with Crippen LogP contribution in [0.15, 0.2) is 66.7 Å². The van der Waals surface area contributed by atoms with Crippen molar-refractivity contribution in [3.05, 3.63) is 94.8 Å². The van der Waals surface area contributed by atoms with Gasteiger partial charge in [-0.05, 0) is 52.6 Å². The Kier molecular flexibility index (Phi) is 3.54. The average molecular weight is 318 g/mol. The molecular formula is C21H15FO2. The van der Waals surface area contributed by atoms with E-state index in [2.05, 4.69) is 0 Å². The van der Waals surface area contributed by atoms with E-state index in [1.165, 1.54) is 12.1 Å². The third kappa shape index (κ3) is 2.65. The van der Waals surface area contributed by atoms with Gasteiger partial charge >= 0.3 is 0 Å². The molecule has 24 heavy (non-hydrogen) atoms. The highest BCUT2D eigenvalue weighted by Crippen LogP contribution is 2.38. The van der Waals surface area contributed by atoms with Crippen LogP contribution in [0.25, 0.3) is 11.6 Å². The molecule has 3 aromatic rings. The second-order valence-electron chi connectivity index (χ2n) is 5.74. The molecule has 0 aliphatic carbocycles. The summed E-state index contributed by atoms with van der Waals surface area (Å²) in [6.07, 6.45) is 1.99. The summed E-state index contributed by atoms with van der Waals surface area (Å²) in [5, 5.41) is 9.72. The number of aromatic hydroxyl groups is 1. The number of phenolic OH excluding ortho intramolecular Hbond substituents is 1. The van der Waals surface area contributed by atoms with Crippen molar-refractivity contribution in [3.8, 4) is 11.5 Å². The molecule has 3 heteroatoms. The van der Waals surface area contributed by atoms with Crippen LogP contribution < -0.4 is 4.74 Å². The number of fused-ring (bicyclic) bond motifs is 2. The lowest BCUT2D eigenvalue weighted by molar-refractivity contribution is 0.305. The van der Waals surface area contributed by atoms with Crippen LogP contribution in [-0.2, 0) is 6.61 Å². The Bertz CT molecular complexity index is 944. The fraction of sp³-hybridized carbons (Fsp3) is 0.0476. The summed E-state index contributed by atoms with van der Waals surface area (Å²) < 4.78 is 19.4. The van der Waals surface area contributed by atoms with Crippen molar-refractivity contribution in [2.45, 2.75) is 6.61 Å². The Labute approximate surface area is 139 Å². The molecule has 1 heterocycles. The van der Waals surface area contributed by atoms with E-state index in [4.69, 9.17) is 4.74 Å². The van der Waals surface area contributed by atoms with Gasteiger partial charge in [0.15, 0.2) is 0 Å². The minimum Gasteiger partial charge on any atom is -0.508 e. The molecule has 3 aromatic carbocycles. The minimum absolute atomic E-state index is 0.210. The van der Waals surface area contributed by atoms with E-state index in [1.54, 1.807) is 24.3 Å². The molecule has 0 bridgehead atoms. The van der Waals surface area contributed by atoms with Crippen molar-refractivity contribution in [1.29, 1.82) is 0 Å². The standard InChI is InChI=1S/C21H15FO2/c22-16-8-9-19-20(11-14-4-3-6-17(23)10-14)18-7-2-1-5-15(18)13-24-21(19)12-16/h1-12,23H,13H2. The van der Waals surface area contributed by atoms with Crippen LogP contribution in [0, 0.1) is 5.82 Å². The number of benzene rings is 3. The summed E-state index contributed by atoms with van der Waals surface area (Å²) in [5.74, 6) is 0.413. The van der Waals surface area contributed by atoms with Gasteiger partial charge in [-0.1, -0.05) is 36.4 Å². The third-order valence-electron chi connectivity index (χ3n) is 4.11. The fourth-order valence-electron chi connectivity index (χ4n) is 2.98. The summed E-state index contributed by atoms with van der Waals surface area (Å²) in [6.45, 7) is 0.393. The average Bonchev–Trinajstić information content (AvgIpc) is 2.73. The monoisotopic (exact) mass is 318 g/mol. The quantitative estimate of drug-likeness (QED) is 0.683. The van der Waals surface area contributed by atoms with E-state index in [0.717, 1.165) is 27.8 Å². The Morgan fingerprint density at radius 1 is 0.917 bits per heavy atom. The van der Waals surface area contributed by atoms with Crippen LogP contribution in [0.2, 0.25) is 0 Å². The maximum absolute atomic E-state index is 13.6. The predicted octanol–water partition coefficient (Wildman–Crippen LogP) is 5.01. The molecule has 2 nitrogen and oxygen atoms in total. The van der Waals surface area contributed by atoms with Crippen LogP contribution in [-0.4, -0.2) is 5.11 Å². The SMILES string of the molecule is Oc1cccc(C=C2c3ccccc3COc3cc(F)ccc32)c1. The Morgan fingerprint density at radius 2 is 1.79 bits per heavy atom. The molecule has 4 rings (SSSR count). The molecule has 1 aliphatic heterocycles. The molecule has 0 atom stereocenters. The molecule has 0 radical (unpaired) electrons. The zero-order chi connectivity index (χ0) is 16.5. The third-order valence-corrected chi connectivity index (χ3v) is 4.11. The number of hydrogen-bond donors (Lipinski definition) is 1. The topological polar surface area (TPSA) is 29.5 Å². The number of ether oxygens (including phenoxy) is 1. The smallest absolute Gasteiger partial charge is 0.130 e. The van der Waals surface area contributed by atoms with E-state index >= 15 is 0 Å². The van der Waals surface area contributed by atoms with Gasteiger partial charge in [-0.2, -0.15) is 0 Å². The molecule has 0 saturated heterocycles. The van der Waals surface area contributed by atoms with Gasteiger partial charge in [-0.25, -0.2) is 4.39 Å². The lowest BCUT2D eigenvalue weighted by Gasteiger charge is -2.11. The first-order chi connectivity index (χ1) is 11.7. The molecule has 0 unspecified atom stereocenters. The van der Waals surface area contributed by atoms with Gasteiger partial charge in [-0.3, -0.25) is 0 Å². The number of hydrogen-bond acceptors (Lipinski definition) is 2. The van der Waals surface area contributed by atoms with Gasteiger partial charge in [0.05, 0.1) is 0 Å². The van der Waals surface area contributed by atoms with Crippen molar-refractivity contribution in [3.63, 3.8) is 0 Å². The molecule has 0 saturated carbocycles. The molecule has 0 amide bonds. The van der Waals surface area contributed by atoms with E-state index in [9.17, 15) is 9.50 Å². The van der Waals surface area contributed by atoms with Crippen molar-refractivity contribution in [2.24, 2.45) is 0 Å². The van der Waals surface area contributed by atoms with Crippen LogP contribution in [0.1, 0.15) is 22.3 Å². The Morgan fingerprint density at radius 3 is 2.67 bits per heavy atom. The van der Waals surface area contributed by atoms with Gasteiger partial charge in [0.2, 0.25) is 0 Å². The summed E-state index contributed by atoms with van der Waals surface area (Å²) >= 11 is 0. The minimum atomic E-state index is -0.323. The fourth-order valence-corrected chi connectivity index (χ4v) is 2.98. The van der Waals surface area contributed by atoms with Gasteiger partial charge in [0.1, 0.15) is 23.9 Å². The van der Waals surface area contributed by atoms with Crippen molar-refractivity contribution in [1.82, 2.24) is 0 Å². The largest absolute Gasteiger partial charge is 0.508 e. The first kappa shape index (κ1) is 14.5. The maximum atomic E-state index is 13.6. The molecular weight excluding hydrogens is 303 g/mol. The number of rotatable bonds is 1. The maximum Gasteiger partial charge on any atom is 0.130 e. The normalized spacial score (nSPS) is 14.5. The van der Waals surface area contributed by atoms with E-state index in [-0.39, 0.29) is 11.6 Å². The second-order valence-corrected chi connectivity index (χ2v) is 5.74. The van der Waals surface area contributed by atoms with Crippen LogP contribution in [0.3, 0.4) is 0 Å². The highest BCUT2D eigenvalue weighted by Gasteiger charge is 2.19. The van der Waals surface area contributed by atoms with Gasteiger partial charge in [-0.15, -0.1) is 0 Å². The molecule has 0 fully saturated rings. The van der Waals surface area contributed by atoms with Crippen LogP contribution in [0.4, 0.5) is 4.39 Å². The Balaban J connectivity index is 1.97. The molecule has 0 spiro atoms. The lowest BCUT2D eigenvalue weighted by Crippen LogP contribution is -1.95. The summed E-state index contributed by atoms with van der Waals surface area (Å²) in [4.78, 5) is 0. The second kappa shape index (κ2) is 5.85. The van der Waals surface area contributed by atoms with Crippen molar-refractivity contribution in [2.75, 3.05) is 0 Å². The highest BCUT2D eigenvalue weighted by atomic mass is 19.1. The van der Waals surface area contributed by atoms with Crippen molar-refractivity contribution >= 4 is 11.6 Å². The predicted molar refractivity (Wildman–Crippen MR) is 92.3 cm³/mol. The number of phenols is 1. The molecule has 1 N–H and O–H groups in total. The summed E-state index contributed by atoms with van der Waals surface area (Å²) in [6, 6.07) is 19.6. The first-order valence-electron chi connectivity index (χ1n) is 7.72. The van der Waals surface area contributed by atoms with Gasteiger partial charge in [0, 0.05) is 11.6 Å². The van der Waals surface area contributed by atoms with E-state index in [1.807, 2.05) is 36.4 Å². The van der Waals surface area contributed by atoms with Gasteiger partial charge < -0.3 is 9.84 Å². The highest BCUT2D eigenvalue weighted by molar-refractivity contribution is 5.94. The Hall–Kier alpha value is -3.07. The zero-order valence-electron chi connectivity index (χ0n) is 12.9. The van der Waals surface area contributed by atoms with E-state index < -0.39 is 0 Å². The van der Waals surface area contributed by atoms with Gasteiger partial charge in [0.25, 0.3) is 0 Å².